The van der Waals surface area contributed by atoms with E-state index in [0.717, 1.165) is 11.3 Å². The van der Waals surface area contributed by atoms with Crippen LogP contribution in [0.1, 0.15) is 20.3 Å². The number of Topliss-reactive ketones (excluding diaryl/α,β-unsaturated/α-hetero) is 1. The largest absolute Gasteiger partial charge is 0.504 e. The molecule has 0 aromatic rings. The van der Waals surface area contributed by atoms with Gasteiger partial charge >= 0.3 is 0 Å². The minimum Gasteiger partial charge on any atom is -0.504 e. The van der Waals surface area contributed by atoms with Crippen molar-refractivity contribution in [1.82, 2.24) is 0 Å². The van der Waals surface area contributed by atoms with Crippen LogP contribution >= 0.6 is 11.8 Å². The van der Waals surface area contributed by atoms with Crippen LogP contribution in [0.5, 0.6) is 0 Å². The summed E-state index contributed by atoms with van der Waals surface area (Å²) in [7, 11) is 0. The zero-order chi connectivity index (χ0) is 7.72. The van der Waals surface area contributed by atoms with E-state index in [-0.39, 0.29) is 16.8 Å². The van der Waals surface area contributed by atoms with Gasteiger partial charge in [0.05, 0.1) is 5.25 Å². The van der Waals surface area contributed by atoms with Crippen LogP contribution in [-0.4, -0.2) is 16.1 Å². The van der Waals surface area contributed by atoms with Gasteiger partial charge in [0, 0.05) is 4.91 Å². The lowest BCUT2D eigenvalue weighted by Crippen LogP contribution is -2.08. The number of aliphatic hydroxyl groups excluding tert-OH is 1. The van der Waals surface area contributed by atoms with Crippen LogP contribution < -0.4 is 0 Å². The average molecular weight is 158 g/mol. The summed E-state index contributed by atoms with van der Waals surface area (Å²) >= 11 is 1.46. The topological polar surface area (TPSA) is 37.3 Å². The Bertz CT molecular complexity index is 196. The number of carbonyl (C=O) groups is 1. The molecular weight excluding hydrogens is 148 g/mol. The van der Waals surface area contributed by atoms with Gasteiger partial charge in [-0.2, -0.15) is 0 Å². The monoisotopic (exact) mass is 158 g/mol. The molecule has 1 unspecified atom stereocenters. The van der Waals surface area contributed by atoms with E-state index in [1.54, 1.807) is 0 Å². The molecular formula is C7H10O2S. The van der Waals surface area contributed by atoms with Crippen LogP contribution in [0.15, 0.2) is 10.7 Å². The van der Waals surface area contributed by atoms with Crippen LogP contribution in [0, 0.1) is 0 Å². The Morgan fingerprint density at radius 3 is 2.50 bits per heavy atom. The van der Waals surface area contributed by atoms with E-state index in [0.29, 0.717) is 0 Å². The molecule has 0 bridgehead atoms. The molecule has 1 heterocycles. The summed E-state index contributed by atoms with van der Waals surface area (Å²) in [6, 6.07) is 0. The summed E-state index contributed by atoms with van der Waals surface area (Å²) in [4.78, 5) is 11.8. The molecule has 0 aromatic carbocycles. The zero-order valence-electron chi connectivity index (χ0n) is 6.05. The van der Waals surface area contributed by atoms with Crippen molar-refractivity contribution in [2.45, 2.75) is 25.5 Å². The Hall–Kier alpha value is -0.440. The Balaban J connectivity index is 2.83. The van der Waals surface area contributed by atoms with Gasteiger partial charge in [0.25, 0.3) is 0 Å². The van der Waals surface area contributed by atoms with E-state index in [9.17, 15) is 4.79 Å². The minimum absolute atomic E-state index is 0.0139. The molecule has 0 fully saturated rings. The standard InChI is InChI=1S/C7H10O2S/c1-3-5-7(9)6(8)4(2)10-5/h4,9H,3H2,1-2H3. The van der Waals surface area contributed by atoms with Gasteiger partial charge in [0.15, 0.2) is 5.76 Å². The molecule has 2 nitrogen and oxygen atoms in total. The highest BCUT2D eigenvalue weighted by molar-refractivity contribution is 8.04. The molecule has 3 heteroatoms. The third kappa shape index (κ3) is 1.06. The van der Waals surface area contributed by atoms with Crippen LogP contribution in [0.2, 0.25) is 0 Å². The van der Waals surface area contributed by atoms with E-state index >= 15 is 0 Å². The normalized spacial score (nSPS) is 26.2. The SMILES string of the molecule is CCC1=C(O)C(=O)C(C)S1. The third-order valence-electron chi connectivity index (χ3n) is 1.51. The van der Waals surface area contributed by atoms with Crippen LogP contribution in [0.25, 0.3) is 0 Å². The highest BCUT2D eigenvalue weighted by atomic mass is 32.2. The molecule has 1 aliphatic rings. The lowest BCUT2D eigenvalue weighted by molar-refractivity contribution is -0.117. The number of rotatable bonds is 1. The van der Waals surface area contributed by atoms with Crippen molar-refractivity contribution in [2.24, 2.45) is 0 Å². The van der Waals surface area contributed by atoms with Gasteiger partial charge in [-0.25, -0.2) is 0 Å². The van der Waals surface area contributed by atoms with Crippen molar-refractivity contribution in [3.63, 3.8) is 0 Å². The lowest BCUT2D eigenvalue weighted by atomic mass is 10.2. The second kappa shape index (κ2) is 2.66. The summed E-state index contributed by atoms with van der Waals surface area (Å²) in [5, 5.41) is 9.06. The maximum absolute atomic E-state index is 10.9. The second-order valence-electron chi connectivity index (χ2n) is 2.25. The molecule has 0 aliphatic carbocycles. The number of ketones is 1. The number of carbonyl (C=O) groups excluding carboxylic acids is 1. The van der Waals surface area contributed by atoms with Gasteiger partial charge in [0.1, 0.15) is 0 Å². The van der Waals surface area contributed by atoms with E-state index in [1.165, 1.54) is 11.8 Å². The van der Waals surface area contributed by atoms with Crippen LogP contribution in [-0.2, 0) is 4.79 Å². The quantitative estimate of drug-likeness (QED) is 0.633. The lowest BCUT2D eigenvalue weighted by Gasteiger charge is -1.95. The Labute approximate surface area is 64.3 Å². The van der Waals surface area contributed by atoms with Gasteiger partial charge < -0.3 is 5.11 Å². The number of thioether (sulfide) groups is 1. The zero-order valence-corrected chi connectivity index (χ0v) is 6.86. The summed E-state index contributed by atoms with van der Waals surface area (Å²) in [6.45, 7) is 3.75. The molecule has 0 saturated heterocycles. The summed E-state index contributed by atoms with van der Waals surface area (Å²) in [5.74, 6) is -0.137. The van der Waals surface area contributed by atoms with Gasteiger partial charge in [-0.15, -0.1) is 11.8 Å². The maximum Gasteiger partial charge on any atom is 0.210 e. The first-order valence-electron chi connectivity index (χ1n) is 3.29. The molecule has 1 N–H and O–H groups in total. The second-order valence-corrected chi connectivity index (χ2v) is 3.69. The predicted octanol–water partition coefficient (Wildman–Crippen LogP) is 1.87. The van der Waals surface area contributed by atoms with E-state index < -0.39 is 0 Å². The molecule has 0 spiro atoms. The first-order chi connectivity index (χ1) is 4.66. The first kappa shape index (κ1) is 7.66. The van der Waals surface area contributed by atoms with Crippen molar-refractivity contribution in [1.29, 1.82) is 0 Å². The molecule has 1 aliphatic heterocycles. The summed E-state index contributed by atoms with van der Waals surface area (Å²) < 4.78 is 0. The average Bonchev–Trinajstić information content (AvgIpc) is 2.17. The molecule has 0 saturated carbocycles. The fourth-order valence-electron chi connectivity index (χ4n) is 0.903. The van der Waals surface area contributed by atoms with Crippen LogP contribution in [0.3, 0.4) is 0 Å². The molecule has 0 radical (unpaired) electrons. The fourth-order valence-corrected chi connectivity index (χ4v) is 1.93. The Kier molecular flexibility index (Phi) is 2.04. The molecule has 1 atom stereocenters. The van der Waals surface area contributed by atoms with Crippen molar-refractivity contribution in [3.05, 3.63) is 10.7 Å². The van der Waals surface area contributed by atoms with Crippen molar-refractivity contribution < 1.29 is 9.90 Å². The maximum atomic E-state index is 10.9. The predicted molar refractivity (Wildman–Crippen MR) is 42.0 cm³/mol. The van der Waals surface area contributed by atoms with Gasteiger partial charge in [-0.1, -0.05) is 6.92 Å². The van der Waals surface area contributed by atoms with Crippen molar-refractivity contribution in [3.8, 4) is 0 Å². The van der Waals surface area contributed by atoms with E-state index in [4.69, 9.17) is 5.11 Å². The minimum atomic E-state index is -0.123. The number of aliphatic hydroxyl groups is 1. The smallest absolute Gasteiger partial charge is 0.210 e. The highest BCUT2D eigenvalue weighted by Crippen LogP contribution is 2.35. The summed E-state index contributed by atoms with van der Waals surface area (Å²) in [6.07, 6.45) is 0.757. The Morgan fingerprint density at radius 2 is 2.30 bits per heavy atom. The van der Waals surface area contributed by atoms with Gasteiger partial charge in [-0.05, 0) is 13.3 Å². The number of allylic oxidation sites excluding steroid dienone is 2. The third-order valence-corrected chi connectivity index (χ3v) is 2.84. The molecule has 1 rings (SSSR count). The summed E-state index contributed by atoms with van der Waals surface area (Å²) in [5.41, 5.74) is 0. The number of hydrogen-bond donors (Lipinski definition) is 1. The van der Waals surface area contributed by atoms with Gasteiger partial charge in [-0.3, -0.25) is 4.79 Å². The molecule has 56 valence electrons. The van der Waals surface area contributed by atoms with Crippen molar-refractivity contribution in [2.75, 3.05) is 0 Å². The van der Waals surface area contributed by atoms with Crippen LogP contribution in [0.4, 0.5) is 0 Å². The van der Waals surface area contributed by atoms with E-state index in [2.05, 4.69) is 0 Å². The highest BCUT2D eigenvalue weighted by Gasteiger charge is 2.29. The molecule has 10 heavy (non-hydrogen) atoms. The number of hydrogen-bond acceptors (Lipinski definition) is 3. The van der Waals surface area contributed by atoms with Gasteiger partial charge in [0.2, 0.25) is 5.78 Å². The van der Waals surface area contributed by atoms with Crippen molar-refractivity contribution >= 4 is 17.5 Å². The van der Waals surface area contributed by atoms with E-state index in [1.807, 2.05) is 13.8 Å². The molecule has 0 amide bonds. The first-order valence-corrected chi connectivity index (χ1v) is 4.17. The fraction of sp³-hybridized carbons (Fsp3) is 0.571. The Morgan fingerprint density at radius 1 is 1.70 bits per heavy atom. The molecule has 0 aromatic heterocycles.